The van der Waals surface area contributed by atoms with Crippen molar-refractivity contribution >= 4 is 17.1 Å². The van der Waals surface area contributed by atoms with Gasteiger partial charge in [0.1, 0.15) is 0 Å². The van der Waals surface area contributed by atoms with E-state index in [-0.39, 0.29) is 0 Å². The van der Waals surface area contributed by atoms with Crippen molar-refractivity contribution in [3.05, 3.63) is 42.5 Å². The molecule has 0 aliphatic heterocycles. The van der Waals surface area contributed by atoms with Crippen LogP contribution >= 0.6 is 0 Å². The molecule has 11 nitrogen and oxygen atoms in total. The summed E-state index contributed by atoms with van der Waals surface area (Å²) in [5.41, 5.74) is -3.26. The van der Waals surface area contributed by atoms with Crippen molar-refractivity contribution in [3.63, 3.8) is 0 Å². The largest absolute Gasteiger partial charge is 0.863 e. The lowest BCUT2D eigenvalue weighted by molar-refractivity contribution is -0.890. The van der Waals surface area contributed by atoms with Crippen LogP contribution in [-0.2, 0) is 0 Å². The van der Waals surface area contributed by atoms with Crippen LogP contribution in [0, 0.1) is 30.3 Å². The summed E-state index contributed by atoms with van der Waals surface area (Å²) >= 11 is 0. The fraction of sp³-hybridized carbons (Fsp3) is 0.812. The molecule has 248 valence electrons. The summed E-state index contributed by atoms with van der Waals surface area (Å²) in [5, 5.41) is 42.1. The van der Waals surface area contributed by atoms with E-state index in [0.717, 1.165) is 0 Å². The molecule has 0 saturated heterocycles. The molecular weight excluding hydrogens is 552 g/mol. The van der Waals surface area contributed by atoms with E-state index in [2.05, 4.69) is 27.9 Å². The number of rotatable bonds is 25. The van der Waals surface area contributed by atoms with E-state index in [1.807, 2.05) is 0 Å². The van der Waals surface area contributed by atoms with E-state index in [4.69, 9.17) is 0 Å². The number of non-ortho nitro benzene ring substituents is 1. The summed E-state index contributed by atoms with van der Waals surface area (Å²) in [5.74, 6) is -1.46. The van der Waals surface area contributed by atoms with Gasteiger partial charge in [0, 0.05) is 0 Å². The van der Waals surface area contributed by atoms with E-state index in [0.29, 0.717) is 12.1 Å². The summed E-state index contributed by atoms with van der Waals surface area (Å²) in [4.78, 5) is 27.5. The Balaban J connectivity index is 0.000000931. The van der Waals surface area contributed by atoms with Gasteiger partial charge >= 0.3 is 0 Å². The second kappa shape index (κ2) is 24.6. The van der Waals surface area contributed by atoms with E-state index in [1.54, 1.807) is 0 Å². The zero-order valence-corrected chi connectivity index (χ0v) is 27.4. The van der Waals surface area contributed by atoms with Gasteiger partial charge in [0.2, 0.25) is 0 Å². The van der Waals surface area contributed by atoms with Crippen LogP contribution in [0.1, 0.15) is 142 Å². The van der Waals surface area contributed by atoms with Crippen LogP contribution in [0.3, 0.4) is 0 Å². The highest BCUT2D eigenvalue weighted by Gasteiger charge is 2.24. The molecule has 0 N–H and O–H groups in total. The Morgan fingerprint density at radius 1 is 0.512 bits per heavy atom. The standard InChI is InChI=1S/C26H56N.C6H3N3O7/c1-5-7-9-11-13-15-17-19-21-23-25-27(3,4)26-24-22-20-18-16-14-12-10-8-6-2;10-6-4(8(13)14)1-3(7(11)12)2-5(6)9(15)16/h5-26H2,1-4H3;1-2,10H/q+1;/p-1. The molecule has 0 unspecified atom stereocenters. The van der Waals surface area contributed by atoms with Gasteiger partial charge in [-0.25, -0.2) is 0 Å². The topological polar surface area (TPSA) is 152 Å². The Hall–Kier alpha value is -2.82. The van der Waals surface area contributed by atoms with Crippen LogP contribution in [0.4, 0.5) is 17.1 Å². The predicted octanol–water partition coefficient (Wildman–Crippen LogP) is 9.39. The number of hydrogen-bond donors (Lipinski definition) is 0. The van der Waals surface area contributed by atoms with Crippen LogP contribution < -0.4 is 5.11 Å². The summed E-state index contributed by atoms with van der Waals surface area (Å²) < 4.78 is 1.24. The van der Waals surface area contributed by atoms with Crippen molar-refractivity contribution in [1.29, 1.82) is 0 Å². The second-order valence-corrected chi connectivity index (χ2v) is 12.3. The molecule has 0 radical (unpaired) electrons. The Bertz CT molecular complexity index is 864. The zero-order valence-electron chi connectivity index (χ0n) is 27.4. The van der Waals surface area contributed by atoms with Crippen LogP contribution in [-0.4, -0.2) is 46.4 Å². The first-order chi connectivity index (χ1) is 20.5. The highest BCUT2D eigenvalue weighted by Crippen LogP contribution is 2.36. The highest BCUT2D eigenvalue weighted by atomic mass is 16.6. The van der Waals surface area contributed by atoms with Gasteiger partial charge in [-0.3, -0.25) is 30.3 Å². The van der Waals surface area contributed by atoms with Crippen LogP contribution in [0.2, 0.25) is 0 Å². The number of hydrogen-bond acceptors (Lipinski definition) is 7. The molecule has 0 heterocycles. The highest BCUT2D eigenvalue weighted by molar-refractivity contribution is 5.64. The van der Waals surface area contributed by atoms with Gasteiger partial charge in [-0.2, -0.15) is 0 Å². The summed E-state index contributed by atoms with van der Waals surface area (Å²) in [6.45, 7) is 7.37. The SMILES string of the molecule is CCCCCCCCCCCC[N+](C)(C)CCCCCCCCCCCC.O=[N+]([O-])c1cc([N+](=O)[O-])c([O-])c([N+](=O)[O-])c1. The number of nitro groups is 3. The van der Waals surface area contributed by atoms with Crippen molar-refractivity contribution in [3.8, 4) is 5.75 Å². The molecule has 11 heteroatoms. The van der Waals surface area contributed by atoms with Gasteiger partial charge < -0.3 is 9.59 Å². The molecule has 0 aliphatic rings. The summed E-state index contributed by atoms with van der Waals surface area (Å²) in [6, 6.07) is 0.769. The minimum absolute atomic E-state index is 0.384. The molecule has 0 spiro atoms. The van der Waals surface area contributed by atoms with Gasteiger partial charge in [-0.05, 0) is 25.7 Å². The maximum atomic E-state index is 11.1. The molecule has 0 bridgehead atoms. The third-order valence-electron chi connectivity index (χ3n) is 7.87. The summed E-state index contributed by atoms with van der Waals surface area (Å²) in [7, 11) is 4.89. The average molecular weight is 611 g/mol. The first kappa shape index (κ1) is 40.2. The van der Waals surface area contributed by atoms with Crippen molar-refractivity contribution in [1.82, 2.24) is 0 Å². The van der Waals surface area contributed by atoms with E-state index in [9.17, 15) is 35.4 Å². The Morgan fingerprint density at radius 3 is 1.05 bits per heavy atom. The second-order valence-electron chi connectivity index (χ2n) is 12.3. The minimum atomic E-state index is -1.46. The Labute approximate surface area is 259 Å². The number of nitrogens with zero attached hydrogens (tertiary/aromatic N) is 4. The number of unbranched alkanes of at least 4 members (excludes halogenated alkanes) is 18. The van der Waals surface area contributed by atoms with Gasteiger partial charge in [0.15, 0.2) is 0 Å². The molecule has 0 saturated carbocycles. The van der Waals surface area contributed by atoms with E-state index < -0.39 is 37.6 Å². The fourth-order valence-corrected chi connectivity index (χ4v) is 5.13. The van der Waals surface area contributed by atoms with Gasteiger partial charge in [0.25, 0.3) is 17.1 Å². The minimum Gasteiger partial charge on any atom is -0.863 e. The Morgan fingerprint density at radius 2 is 0.791 bits per heavy atom. The Kier molecular flexibility index (Phi) is 23.0. The zero-order chi connectivity index (χ0) is 32.5. The van der Waals surface area contributed by atoms with Crippen molar-refractivity contribution < 1.29 is 24.4 Å². The first-order valence-electron chi connectivity index (χ1n) is 16.6. The fourth-order valence-electron chi connectivity index (χ4n) is 5.13. The molecule has 1 aromatic carbocycles. The van der Waals surface area contributed by atoms with Crippen LogP contribution in [0.25, 0.3) is 0 Å². The third-order valence-corrected chi connectivity index (χ3v) is 7.87. The predicted molar refractivity (Wildman–Crippen MR) is 171 cm³/mol. The number of benzene rings is 1. The molecular formula is C32H58N4O7. The van der Waals surface area contributed by atoms with Crippen LogP contribution in [0.15, 0.2) is 12.1 Å². The van der Waals surface area contributed by atoms with Crippen molar-refractivity contribution in [2.75, 3.05) is 27.2 Å². The molecule has 43 heavy (non-hydrogen) atoms. The molecule has 0 fully saturated rings. The lowest BCUT2D eigenvalue weighted by Gasteiger charge is -2.30. The summed E-state index contributed by atoms with van der Waals surface area (Å²) in [6.07, 6.45) is 29.0. The smallest absolute Gasteiger partial charge is 0.283 e. The molecule has 0 amide bonds. The average Bonchev–Trinajstić information content (AvgIpc) is 2.95. The van der Waals surface area contributed by atoms with Gasteiger partial charge in [-0.15, -0.1) is 0 Å². The lowest BCUT2D eigenvalue weighted by Crippen LogP contribution is -2.41. The van der Waals surface area contributed by atoms with Crippen molar-refractivity contribution in [2.24, 2.45) is 0 Å². The quantitative estimate of drug-likeness (QED) is 0.0462. The molecule has 1 rings (SSSR count). The van der Waals surface area contributed by atoms with E-state index in [1.165, 1.54) is 146 Å². The first-order valence-corrected chi connectivity index (χ1v) is 16.6. The number of quaternary nitrogens is 1. The third kappa shape index (κ3) is 20.7. The normalized spacial score (nSPS) is 11.2. The van der Waals surface area contributed by atoms with Gasteiger partial charge in [0.05, 0.1) is 59.8 Å². The molecule has 1 aromatic rings. The maximum absolute atomic E-state index is 11.1. The van der Waals surface area contributed by atoms with E-state index >= 15 is 0 Å². The van der Waals surface area contributed by atoms with Crippen LogP contribution in [0.5, 0.6) is 5.75 Å². The number of nitro benzene ring substituents is 3. The maximum Gasteiger partial charge on any atom is 0.283 e. The van der Waals surface area contributed by atoms with Crippen molar-refractivity contribution in [2.45, 2.75) is 142 Å². The lowest BCUT2D eigenvalue weighted by atomic mass is 10.1. The molecule has 0 aliphatic carbocycles. The molecule has 0 atom stereocenters. The van der Waals surface area contributed by atoms with Gasteiger partial charge in [-0.1, -0.05) is 117 Å². The monoisotopic (exact) mass is 610 g/mol. The molecule has 0 aromatic heterocycles.